The molecule has 5 aromatic carbocycles. The lowest BCUT2D eigenvalue weighted by Gasteiger charge is -2.23. The van der Waals surface area contributed by atoms with E-state index in [1.165, 1.54) is 10.6 Å². The zero-order chi connectivity index (χ0) is 27.6. The Kier molecular flexibility index (Phi) is 7.17. The SMILES string of the molecule is Cc1ccc(N(Cc2ccc(C(=O)N/N=C\c3c4ccccc4cc4ccccc34)cc2)S(C)(=O)=O)cc1C. The maximum Gasteiger partial charge on any atom is 0.271 e. The van der Waals surface area contributed by atoms with E-state index in [-0.39, 0.29) is 12.5 Å². The highest BCUT2D eigenvalue weighted by atomic mass is 32.2. The van der Waals surface area contributed by atoms with Gasteiger partial charge in [-0.15, -0.1) is 0 Å². The van der Waals surface area contributed by atoms with Crippen molar-refractivity contribution in [3.05, 3.63) is 125 Å². The van der Waals surface area contributed by atoms with Gasteiger partial charge in [0.1, 0.15) is 0 Å². The quantitative estimate of drug-likeness (QED) is 0.150. The van der Waals surface area contributed by atoms with Crippen molar-refractivity contribution in [3.63, 3.8) is 0 Å². The highest BCUT2D eigenvalue weighted by Crippen LogP contribution is 2.27. The number of sulfonamides is 1. The number of benzene rings is 5. The van der Waals surface area contributed by atoms with Crippen LogP contribution in [0, 0.1) is 13.8 Å². The second-order valence-electron chi connectivity index (χ2n) is 9.67. The molecule has 0 spiro atoms. The van der Waals surface area contributed by atoms with Gasteiger partial charge in [0.15, 0.2) is 0 Å². The van der Waals surface area contributed by atoms with Crippen LogP contribution in [0.15, 0.2) is 102 Å². The van der Waals surface area contributed by atoms with Crippen LogP contribution in [0.25, 0.3) is 21.5 Å². The predicted molar refractivity (Wildman–Crippen MR) is 160 cm³/mol. The van der Waals surface area contributed by atoms with E-state index in [2.05, 4.69) is 28.7 Å². The van der Waals surface area contributed by atoms with Crippen LogP contribution in [0.3, 0.4) is 0 Å². The van der Waals surface area contributed by atoms with E-state index in [0.29, 0.717) is 11.3 Å². The van der Waals surface area contributed by atoms with Crippen molar-refractivity contribution in [2.45, 2.75) is 20.4 Å². The molecule has 0 bridgehead atoms. The molecule has 1 N–H and O–H groups in total. The monoisotopic (exact) mass is 535 g/mol. The Morgan fingerprint density at radius 2 is 1.44 bits per heavy atom. The first-order chi connectivity index (χ1) is 18.7. The van der Waals surface area contributed by atoms with Crippen LogP contribution >= 0.6 is 0 Å². The van der Waals surface area contributed by atoms with Crippen molar-refractivity contribution in [2.75, 3.05) is 10.6 Å². The summed E-state index contributed by atoms with van der Waals surface area (Å²) < 4.78 is 26.5. The zero-order valence-electron chi connectivity index (χ0n) is 22.0. The molecule has 0 fully saturated rings. The predicted octanol–water partition coefficient (Wildman–Crippen LogP) is 6.34. The van der Waals surface area contributed by atoms with E-state index in [1.807, 2.05) is 68.4 Å². The summed E-state index contributed by atoms with van der Waals surface area (Å²) in [6.45, 7) is 4.11. The van der Waals surface area contributed by atoms with E-state index in [4.69, 9.17) is 0 Å². The van der Waals surface area contributed by atoms with Gasteiger partial charge in [-0.25, -0.2) is 13.8 Å². The van der Waals surface area contributed by atoms with Gasteiger partial charge in [-0.2, -0.15) is 5.10 Å². The molecule has 6 nitrogen and oxygen atoms in total. The van der Waals surface area contributed by atoms with Crippen LogP contribution in [0.1, 0.15) is 32.6 Å². The molecule has 0 radical (unpaired) electrons. The molecule has 5 rings (SSSR count). The average Bonchev–Trinajstić information content (AvgIpc) is 2.92. The number of hydrazone groups is 1. The Labute approximate surface area is 228 Å². The molecule has 7 heteroatoms. The minimum Gasteiger partial charge on any atom is -0.267 e. The summed E-state index contributed by atoms with van der Waals surface area (Å²) >= 11 is 0. The average molecular weight is 536 g/mol. The number of amides is 1. The third-order valence-corrected chi connectivity index (χ3v) is 8.03. The van der Waals surface area contributed by atoms with E-state index in [9.17, 15) is 13.2 Å². The van der Waals surface area contributed by atoms with Gasteiger partial charge >= 0.3 is 0 Å². The van der Waals surface area contributed by atoms with Crippen molar-refractivity contribution < 1.29 is 13.2 Å². The van der Waals surface area contributed by atoms with Crippen LogP contribution in [-0.2, 0) is 16.6 Å². The zero-order valence-corrected chi connectivity index (χ0v) is 22.9. The van der Waals surface area contributed by atoms with E-state index >= 15 is 0 Å². The van der Waals surface area contributed by atoms with Crippen LogP contribution in [0.2, 0.25) is 0 Å². The molecule has 0 aliphatic carbocycles. The van der Waals surface area contributed by atoms with Crippen molar-refractivity contribution in [1.29, 1.82) is 0 Å². The Morgan fingerprint density at radius 3 is 2.03 bits per heavy atom. The molecule has 0 aliphatic rings. The van der Waals surface area contributed by atoms with Gasteiger partial charge in [0, 0.05) is 11.1 Å². The van der Waals surface area contributed by atoms with E-state index in [0.717, 1.165) is 43.8 Å². The van der Waals surface area contributed by atoms with Gasteiger partial charge in [0.05, 0.1) is 24.7 Å². The number of hydrogen-bond donors (Lipinski definition) is 1. The van der Waals surface area contributed by atoms with Gasteiger partial charge in [0.25, 0.3) is 5.91 Å². The van der Waals surface area contributed by atoms with Gasteiger partial charge < -0.3 is 0 Å². The molecular formula is C32H29N3O3S. The molecule has 1 amide bonds. The molecule has 0 saturated heterocycles. The largest absolute Gasteiger partial charge is 0.271 e. The summed E-state index contributed by atoms with van der Waals surface area (Å²) in [4.78, 5) is 12.8. The molecule has 0 saturated carbocycles. The summed E-state index contributed by atoms with van der Waals surface area (Å²) in [5.41, 5.74) is 7.47. The summed E-state index contributed by atoms with van der Waals surface area (Å²) in [5, 5.41) is 8.57. The number of carbonyl (C=O) groups excluding carboxylic acids is 1. The second kappa shape index (κ2) is 10.7. The number of aryl methyl sites for hydroxylation is 2. The van der Waals surface area contributed by atoms with Gasteiger partial charge in [0.2, 0.25) is 10.0 Å². The van der Waals surface area contributed by atoms with Crippen LogP contribution < -0.4 is 9.73 Å². The lowest BCUT2D eigenvalue weighted by atomic mass is 9.97. The normalized spacial score (nSPS) is 11.8. The first-order valence-corrected chi connectivity index (χ1v) is 14.4. The standard InChI is InChI=1S/C32H29N3O3S/c1-22-12-17-28(18-23(22)2)35(39(3,37)38)21-24-13-15-25(16-14-24)32(36)34-33-20-31-29-10-6-4-8-26(29)19-27-9-5-7-11-30(27)31/h4-20H,21H2,1-3H3,(H,34,36)/b33-20-. The number of fused-ring (bicyclic) bond motifs is 2. The molecule has 5 aromatic rings. The first-order valence-electron chi connectivity index (χ1n) is 12.6. The van der Waals surface area contributed by atoms with E-state index < -0.39 is 10.0 Å². The lowest BCUT2D eigenvalue weighted by molar-refractivity contribution is 0.0955. The van der Waals surface area contributed by atoms with Crippen LogP contribution in [-0.4, -0.2) is 26.8 Å². The summed E-state index contributed by atoms with van der Waals surface area (Å²) in [6.07, 6.45) is 2.88. The number of hydrogen-bond acceptors (Lipinski definition) is 4. The van der Waals surface area contributed by atoms with Crippen LogP contribution in [0.4, 0.5) is 5.69 Å². The molecular weight excluding hydrogens is 506 g/mol. The fourth-order valence-corrected chi connectivity index (χ4v) is 5.50. The number of nitrogens with zero attached hydrogens (tertiary/aromatic N) is 2. The van der Waals surface area contributed by atoms with Gasteiger partial charge in [-0.3, -0.25) is 9.10 Å². The Balaban J connectivity index is 1.33. The highest BCUT2D eigenvalue weighted by molar-refractivity contribution is 7.92. The molecule has 0 aliphatic heterocycles. The van der Waals surface area contributed by atoms with Crippen molar-refractivity contribution in [2.24, 2.45) is 5.10 Å². The fourth-order valence-electron chi connectivity index (χ4n) is 4.62. The Morgan fingerprint density at radius 1 is 0.821 bits per heavy atom. The smallest absolute Gasteiger partial charge is 0.267 e. The van der Waals surface area contributed by atoms with Crippen molar-refractivity contribution in [1.82, 2.24) is 5.43 Å². The third-order valence-electron chi connectivity index (χ3n) is 6.89. The highest BCUT2D eigenvalue weighted by Gasteiger charge is 2.18. The minimum absolute atomic E-state index is 0.162. The molecule has 196 valence electrons. The van der Waals surface area contributed by atoms with E-state index in [1.54, 1.807) is 30.5 Å². The maximum atomic E-state index is 12.8. The molecule has 39 heavy (non-hydrogen) atoms. The lowest BCUT2D eigenvalue weighted by Crippen LogP contribution is -2.29. The Bertz CT molecular complexity index is 1770. The third kappa shape index (κ3) is 5.68. The fraction of sp³-hybridized carbons (Fsp3) is 0.125. The molecule has 0 unspecified atom stereocenters. The summed E-state index contributed by atoms with van der Waals surface area (Å²) in [7, 11) is -3.51. The van der Waals surface area contributed by atoms with Crippen molar-refractivity contribution in [3.8, 4) is 0 Å². The summed E-state index contributed by atoms with van der Waals surface area (Å²) in [6, 6.07) is 30.8. The molecule has 0 heterocycles. The molecule has 0 aromatic heterocycles. The first kappa shape index (κ1) is 26.1. The number of rotatable bonds is 7. The maximum absolute atomic E-state index is 12.8. The molecule has 0 atom stereocenters. The second-order valence-corrected chi connectivity index (χ2v) is 11.6. The number of anilines is 1. The van der Waals surface area contributed by atoms with Crippen LogP contribution in [0.5, 0.6) is 0 Å². The van der Waals surface area contributed by atoms with Crippen molar-refractivity contribution >= 4 is 49.4 Å². The van der Waals surface area contributed by atoms with Gasteiger partial charge in [-0.1, -0.05) is 66.7 Å². The topological polar surface area (TPSA) is 78.8 Å². The van der Waals surface area contributed by atoms with Gasteiger partial charge in [-0.05, 0) is 82.4 Å². The summed E-state index contributed by atoms with van der Waals surface area (Å²) in [5.74, 6) is -0.350. The minimum atomic E-state index is -3.51. The Hall–Kier alpha value is -4.49. The number of carbonyl (C=O) groups is 1. The number of nitrogens with one attached hydrogen (secondary N) is 1.